The van der Waals surface area contributed by atoms with Crippen LogP contribution in [0.15, 0.2) is 58.2 Å². The van der Waals surface area contributed by atoms with Crippen LogP contribution in [0.25, 0.3) is 5.69 Å². The fraction of sp³-hybridized carbons (Fsp3) is 0.143. The van der Waals surface area contributed by atoms with Crippen LogP contribution in [0.1, 0.15) is 12.5 Å². The lowest BCUT2D eigenvalue weighted by Crippen LogP contribution is -2.61. The van der Waals surface area contributed by atoms with Crippen molar-refractivity contribution in [2.75, 3.05) is 10.6 Å². The molecule has 1 aliphatic heterocycles. The number of alkyl halides is 3. The highest BCUT2D eigenvalue weighted by Crippen LogP contribution is 2.46. The number of hydrogen-bond acceptors (Lipinski definition) is 6. The van der Waals surface area contributed by atoms with E-state index in [0.717, 1.165) is 53.1 Å². The van der Waals surface area contributed by atoms with Crippen LogP contribution in [0, 0.1) is 10.6 Å². The van der Waals surface area contributed by atoms with Gasteiger partial charge in [0, 0.05) is 18.3 Å². The van der Waals surface area contributed by atoms with Crippen LogP contribution in [-0.2, 0) is 25.2 Å². The molecule has 4 N–H and O–H groups in total. The zero-order valence-electron chi connectivity index (χ0n) is 18.4. The lowest BCUT2D eigenvalue weighted by atomic mass is 9.93. The van der Waals surface area contributed by atoms with Gasteiger partial charge in [0.15, 0.2) is 4.77 Å². The molecule has 0 spiro atoms. The van der Waals surface area contributed by atoms with Crippen LogP contribution in [0.5, 0.6) is 0 Å². The van der Waals surface area contributed by atoms with Crippen molar-refractivity contribution in [1.82, 2.24) is 14.3 Å². The van der Waals surface area contributed by atoms with Crippen molar-refractivity contribution >= 4 is 45.6 Å². The predicted molar refractivity (Wildman–Crippen MR) is 125 cm³/mol. The number of aromatic nitrogens is 2. The van der Waals surface area contributed by atoms with Crippen LogP contribution in [0.2, 0.25) is 0 Å². The van der Waals surface area contributed by atoms with Gasteiger partial charge >= 0.3 is 6.18 Å². The summed E-state index contributed by atoms with van der Waals surface area (Å²) in [6.07, 6.45) is -5.65. The number of fused-ring (bicyclic) bond motifs is 1. The summed E-state index contributed by atoms with van der Waals surface area (Å²) < 4.78 is 85.0. The number of benzene rings is 2. The Morgan fingerprint density at radius 2 is 1.65 bits per heavy atom. The molecule has 0 saturated carbocycles. The number of aromatic amines is 1. The predicted octanol–water partition coefficient (Wildman–Crippen LogP) is 2.68. The number of rotatable bonds is 5. The number of hydrogen-bond donors (Lipinski definition) is 4. The van der Waals surface area contributed by atoms with Gasteiger partial charge in [-0.3, -0.25) is 23.9 Å². The third kappa shape index (κ3) is 4.42. The van der Waals surface area contributed by atoms with Crippen molar-refractivity contribution in [2.24, 2.45) is 0 Å². The maximum atomic E-state index is 14.6. The molecule has 2 amide bonds. The van der Waals surface area contributed by atoms with Crippen molar-refractivity contribution in [2.45, 2.75) is 23.5 Å². The number of H-pyrrole nitrogens is 1. The maximum absolute atomic E-state index is 14.6. The van der Waals surface area contributed by atoms with E-state index in [1.54, 1.807) is 0 Å². The lowest BCUT2D eigenvalue weighted by Gasteiger charge is -2.29. The highest BCUT2D eigenvalue weighted by Gasteiger charge is 2.69. The molecule has 2 aromatic carbocycles. The van der Waals surface area contributed by atoms with Crippen LogP contribution < -0.4 is 20.9 Å². The Kier molecular flexibility index (Phi) is 6.29. The topological polar surface area (TPSA) is 142 Å². The second-order valence-corrected chi connectivity index (χ2v) is 9.88. The molecule has 3 aromatic rings. The van der Waals surface area contributed by atoms with Crippen molar-refractivity contribution in [3.8, 4) is 5.69 Å². The Morgan fingerprint density at radius 3 is 2.19 bits per heavy atom. The second-order valence-electron chi connectivity index (χ2n) is 7.81. The Bertz CT molecular complexity index is 1650. The Labute approximate surface area is 210 Å². The van der Waals surface area contributed by atoms with Crippen molar-refractivity contribution in [3.63, 3.8) is 0 Å². The Hall–Kier alpha value is -3.89. The van der Waals surface area contributed by atoms with Crippen molar-refractivity contribution < 1.29 is 35.6 Å². The van der Waals surface area contributed by atoms with Crippen molar-refractivity contribution in [3.05, 3.63) is 75.0 Å². The molecule has 2 heterocycles. The van der Waals surface area contributed by atoms with E-state index in [-0.39, 0.29) is 11.4 Å². The third-order valence-corrected chi connectivity index (χ3v) is 7.09. The summed E-state index contributed by atoms with van der Waals surface area (Å²) in [5.74, 6) is -3.80. The van der Waals surface area contributed by atoms with Crippen LogP contribution in [0.3, 0.4) is 0 Å². The smallest absolute Gasteiger partial charge is 0.326 e. The largest absolute Gasteiger partial charge is 0.421 e. The number of carbonyl (C=O) groups excluding carboxylic acids is 2. The van der Waals surface area contributed by atoms with E-state index < -0.39 is 66.0 Å². The molecule has 1 aromatic heterocycles. The minimum absolute atomic E-state index is 0.0198. The van der Waals surface area contributed by atoms with Gasteiger partial charge in [-0.05, 0) is 60.7 Å². The van der Waals surface area contributed by atoms with Gasteiger partial charge in [0.25, 0.3) is 11.5 Å². The average Bonchev–Trinajstić information content (AvgIpc) is 3.07. The van der Waals surface area contributed by atoms with Gasteiger partial charge in [0.2, 0.25) is 21.5 Å². The average molecular weight is 558 g/mol. The fourth-order valence-electron chi connectivity index (χ4n) is 3.76. The Balaban J connectivity index is 1.92. The maximum Gasteiger partial charge on any atom is 0.421 e. The first kappa shape index (κ1) is 26.2. The summed E-state index contributed by atoms with van der Waals surface area (Å²) in [6, 6.07) is 8.25. The summed E-state index contributed by atoms with van der Waals surface area (Å²) in [5.41, 5.74) is -6.68. The van der Waals surface area contributed by atoms with E-state index in [4.69, 9.17) is 12.2 Å². The molecule has 194 valence electrons. The molecule has 0 bridgehead atoms. The highest BCUT2D eigenvalue weighted by molar-refractivity contribution is 7.89. The standard InChI is InChI=1S/C21H15F4N5O5S2/c1-10(31)26-12-4-8-14(9-5-12)37(34,35)29-20(21(23,24)25)15-16(27-18(20)33)30(19(36)28-17(15)32)13-6-2-11(22)3-7-13/h2-9,29H,1H3,(H,26,31)(H,27,33)(H,28,32,36)/t20-/m1/s1. The summed E-state index contributed by atoms with van der Waals surface area (Å²) >= 11 is 5.04. The number of sulfonamides is 1. The summed E-state index contributed by atoms with van der Waals surface area (Å²) in [6.45, 7) is 1.19. The fourth-order valence-corrected chi connectivity index (χ4v) is 5.38. The van der Waals surface area contributed by atoms with E-state index >= 15 is 0 Å². The molecule has 1 atom stereocenters. The summed E-state index contributed by atoms with van der Waals surface area (Å²) in [7, 11) is -5.10. The zero-order chi connectivity index (χ0) is 27.3. The number of anilines is 2. The molecule has 0 aliphatic carbocycles. The zero-order valence-corrected chi connectivity index (χ0v) is 20.1. The van der Waals surface area contributed by atoms with Gasteiger partial charge in [-0.2, -0.15) is 17.9 Å². The van der Waals surface area contributed by atoms with Gasteiger partial charge in [-0.1, -0.05) is 0 Å². The first-order valence-corrected chi connectivity index (χ1v) is 12.0. The van der Waals surface area contributed by atoms with Gasteiger partial charge in [0.1, 0.15) is 11.6 Å². The van der Waals surface area contributed by atoms with Crippen LogP contribution >= 0.6 is 12.2 Å². The molecular weight excluding hydrogens is 542 g/mol. The molecule has 37 heavy (non-hydrogen) atoms. The number of nitrogens with zero attached hydrogens (tertiary/aromatic N) is 1. The number of nitrogens with one attached hydrogen (secondary N) is 4. The van der Waals surface area contributed by atoms with Crippen LogP contribution in [-0.4, -0.2) is 36.0 Å². The monoisotopic (exact) mass is 557 g/mol. The molecule has 0 saturated heterocycles. The summed E-state index contributed by atoms with van der Waals surface area (Å²) in [5, 5.41) is 4.28. The quantitative estimate of drug-likeness (QED) is 0.281. The van der Waals surface area contributed by atoms with E-state index in [0.29, 0.717) is 0 Å². The Morgan fingerprint density at radius 1 is 1.05 bits per heavy atom. The minimum atomic E-state index is -5.65. The van der Waals surface area contributed by atoms with Crippen LogP contribution in [0.4, 0.5) is 29.1 Å². The molecule has 0 fully saturated rings. The molecule has 0 unspecified atom stereocenters. The van der Waals surface area contributed by atoms with Gasteiger partial charge in [0.05, 0.1) is 10.5 Å². The summed E-state index contributed by atoms with van der Waals surface area (Å²) in [4.78, 5) is 38.2. The number of halogens is 4. The minimum Gasteiger partial charge on any atom is -0.326 e. The molecule has 4 rings (SSSR count). The van der Waals surface area contributed by atoms with Crippen molar-refractivity contribution in [1.29, 1.82) is 0 Å². The SMILES string of the molecule is CC(=O)Nc1ccc(S(=O)(=O)N[C@@]2(C(F)(F)F)C(=O)Nc3c2c(=O)[nH]c(=S)n3-c2ccc(F)cc2)cc1. The number of amides is 2. The highest BCUT2D eigenvalue weighted by atomic mass is 32.2. The first-order chi connectivity index (χ1) is 17.2. The van der Waals surface area contributed by atoms with E-state index in [2.05, 4.69) is 5.32 Å². The van der Waals surface area contributed by atoms with Gasteiger partial charge < -0.3 is 10.6 Å². The molecule has 0 radical (unpaired) electrons. The van der Waals surface area contributed by atoms with Gasteiger partial charge in [-0.15, -0.1) is 0 Å². The lowest BCUT2D eigenvalue weighted by molar-refractivity contribution is -0.194. The van der Waals surface area contributed by atoms with E-state index in [9.17, 15) is 40.4 Å². The van der Waals surface area contributed by atoms with E-state index in [1.165, 1.54) is 11.6 Å². The second kappa shape index (κ2) is 8.89. The third-order valence-electron chi connectivity index (χ3n) is 5.34. The molecule has 10 nitrogen and oxygen atoms in total. The van der Waals surface area contributed by atoms with E-state index in [1.807, 2.05) is 10.3 Å². The normalized spacial score (nSPS) is 17.3. The van der Waals surface area contributed by atoms with Gasteiger partial charge in [-0.25, -0.2) is 12.8 Å². The first-order valence-electron chi connectivity index (χ1n) is 10.1. The molecule has 16 heteroatoms. The molecular formula is C21H15F4N5O5S2. The number of carbonyl (C=O) groups is 2. The molecule has 1 aliphatic rings.